The van der Waals surface area contributed by atoms with Gasteiger partial charge in [0, 0.05) is 6.20 Å². The van der Waals surface area contributed by atoms with Gasteiger partial charge in [0.05, 0.1) is 12.2 Å². The molecule has 0 spiro atoms. The minimum absolute atomic E-state index is 1.01. The number of nitrogens with zero attached hydrogens (tertiary/aromatic N) is 1. The van der Waals surface area contributed by atoms with Crippen LogP contribution in [0, 0.1) is 0 Å². The molecule has 0 atom stereocenters. The van der Waals surface area contributed by atoms with E-state index in [4.69, 9.17) is 0 Å². The zero-order valence-corrected chi connectivity index (χ0v) is 6.96. The van der Waals surface area contributed by atoms with Gasteiger partial charge < -0.3 is 5.32 Å². The lowest BCUT2D eigenvalue weighted by molar-refractivity contribution is -0.671. The van der Waals surface area contributed by atoms with Crippen LogP contribution in [0.25, 0.3) is 0 Å². The molecule has 1 rings (SSSR count). The van der Waals surface area contributed by atoms with E-state index in [0.717, 1.165) is 6.54 Å². The van der Waals surface area contributed by atoms with Crippen LogP contribution in [0.4, 0.5) is 0 Å². The Morgan fingerprint density at radius 1 is 1.45 bits per heavy atom. The second-order valence-corrected chi connectivity index (χ2v) is 2.60. The summed E-state index contributed by atoms with van der Waals surface area (Å²) in [6.07, 6.45) is 3.07. The highest BCUT2D eigenvalue weighted by atomic mass is 14.9. The maximum absolute atomic E-state index is 4.22. The molecule has 1 heterocycles. The Bertz CT molecular complexity index is 184. The van der Waals surface area contributed by atoms with Crippen molar-refractivity contribution in [1.29, 1.82) is 0 Å². The van der Waals surface area contributed by atoms with Gasteiger partial charge in [0.1, 0.15) is 6.54 Å². The van der Waals surface area contributed by atoms with Crippen LogP contribution < -0.4 is 5.32 Å². The molecule has 0 aliphatic heterocycles. The molecule has 11 heavy (non-hydrogen) atoms. The Balaban J connectivity index is 2.28. The molecule has 2 heteroatoms. The Hall–Kier alpha value is -0.890. The third-order valence-electron chi connectivity index (χ3n) is 1.57. The Kier molecular flexibility index (Phi) is 3.62. The van der Waals surface area contributed by atoms with Gasteiger partial charge in [-0.1, -0.05) is 13.0 Å². The summed E-state index contributed by atoms with van der Waals surface area (Å²) in [5.74, 6) is 0. The molecule has 1 aromatic rings. The number of nitrogens with two attached hydrogens (primary N) is 1. The summed E-state index contributed by atoms with van der Waals surface area (Å²) in [5.41, 5.74) is 1.17. The molecule has 1 aromatic heterocycles. The van der Waals surface area contributed by atoms with Crippen molar-refractivity contribution >= 4 is 0 Å². The zero-order chi connectivity index (χ0) is 7.94. The van der Waals surface area contributed by atoms with Gasteiger partial charge >= 0.3 is 0 Å². The molecule has 0 aliphatic carbocycles. The van der Waals surface area contributed by atoms with Crippen LogP contribution in [0.15, 0.2) is 24.4 Å². The number of hydrogen-bond acceptors (Lipinski definition) is 1. The van der Waals surface area contributed by atoms with E-state index in [1.807, 2.05) is 18.3 Å². The quantitative estimate of drug-likeness (QED) is 0.626. The topological polar surface area (TPSA) is 29.5 Å². The van der Waals surface area contributed by atoms with E-state index >= 15 is 0 Å². The third kappa shape index (κ3) is 3.14. The minimum atomic E-state index is 1.01. The summed E-state index contributed by atoms with van der Waals surface area (Å²) in [6, 6.07) is 6.04. The maximum Gasteiger partial charge on any atom is 0.118 e. The van der Waals surface area contributed by atoms with E-state index in [2.05, 4.69) is 23.3 Å². The van der Waals surface area contributed by atoms with Gasteiger partial charge in [0.2, 0.25) is 0 Å². The SMILES string of the molecule is CCC[NH2+]Cc1ccccn1. The molecule has 2 N–H and O–H groups in total. The van der Waals surface area contributed by atoms with Crippen molar-refractivity contribution in [2.24, 2.45) is 0 Å². The number of pyridine rings is 1. The second-order valence-electron chi connectivity index (χ2n) is 2.60. The maximum atomic E-state index is 4.22. The predicted molar refractivity (Wildman–Crippen MR) is 45.0 cm³/mol. The normalized spacial score (nSPS) is 9.91. The standard InChI is InChI=1S/C9H14N2/c1-2-6-10-8-9-5-3-4-7-11-9/h3-5,7,10H,2,6,8H2,1H3/p+1. The molecular weight excluding hydrogens is 136 g/mol. The summed E-state index contributed by atoms with van der Waals surface area (Å²) >= 11 is 0. The van der Waals surface area contributed by atoms with Gasteiger partial charge in [-0.25, -0.2) is 0 Å². The molecule has 0 amide bonds. The molecular formula is C9H15N2+. The van der Waals surface area contributed by atoms with Crippen molar-refractivity contribution in [3.05, 3.63) is 30.1 Å². The highest BCUT2D eigenvalue weighted by molar-refractivity contribution is 5.01. The van der Waals surface area contributed by atoms with Crippen molar-refractivity contribution < 1.29 is 5.32 Å². The van der Waals surface area contributed by atoms with E-state index < -0.39 is 0 Å². The van der Waals surface area contributed by atoms with Gasteiger partial charge in [-0.05, 0) is 18.6 Å². The van der Waals surface area contributed by atoms with Crippen molar-refractivity contribution in [1.82, 2.24) is 4.98 Å². The van der Waals surface area contributed by atoms with Gasteiger partial charge in [0.15, 0.2) is 0 Å². The van der Waals surface area contributed by atoms with Crippen molar-refractivity contribution in [3.63, 3.8) is 0 Å². The molecule has 60 valence electrons. The molecule has 0 radical (unpaired) electrons. The van der Waals surface area contributed by atoms with Crippen LogP contribution in [-0.4, -0.2) is 11.5 Å². The van der Waals surface area contributed by atoms with Crippen LogP contribution >= 0.6 is 0 Å². The zero-order valence-electron chi connectivity index (χ0n) is 6.96. The van der Waals surface area contributed by atoms with Crippen LogP contribution in [-0.2, 0) is 6.54 Å². The average molecular weight is 151 g/mol. The van der Waals surface area contributed by atoms with Crippen molar-refractivity contribution in [2.75, 3.05) is 6.54 Å². The first-order chi connectivity index (χ1) is 5.43. The van der Waals surface area contributed by atoms with E-state index in [0.29, 0.717) is 0 Å². The minimum Gasteiger partial charge on any atom is -0.341 e. The van der Waals surface area contributed by atoms with Crippen molar-refractivity contribution in [2.45, 2.75) is 19.9 Å². The van der Waals surface area contributed by atoms with Crippen LogP contribution in [0.3, 0.4) is 0 Å². The summed E-state index contributed by atoms with van der Waals surface area (Å²) in [6.45, 7) is 4.39. The molecule has 0 fully saturated rings. The predicted octanol–water partition coefficient (Wildman–Crippen LogP) is 0.555. The smallest absolute Gasteiger partial charge is 0.118 e. The number of quaternary nitrogens is 1. The van der Waals surface area contributed by atoms with E-state index in [9.17, 15) is 0 Å². The largest absolute Gasteiger partial charge is 0.341 e. The molecule has 0 saturated carbocycles. The number of hydrogen-bond donors (Lipinski definition) is 1. The summed E-state index contributed by atoms with van der Waals surface area (Å²) in [4.78, 5) is 4.22. The monoisotopic (exact) mass is 151 g/mol. The molecule has 0 saturated heterocycles. The highest BCUT2D eigenvalue weighted by Gasteiger charge is 1.92. The lowest BCUT2D eigenvalue weighted by Crippen LogP contribution is -2.82. The average Bonchev–Trinajstić information content (AvgIpc) is 2.07. The summed E-state index contributed by atoms with van der Waals surface area (Å²) < 4.78 is 0. The molecule has 2 nitrogen and oxygen atoms in total. The van der Waals surface area contributed by atoms with E-state index in [-0.39, 0.29) is 0 Å². The van der Waals surface area contributed by atoms with E-state index in [1.54, 1.807) is 0 Å². The number of aromatic nitrogens is 1. The Morgan fingerprint density at radius 2 is 2.36 bits per heavy atom. The molecule has 0 unspecified atom stereocenters. The lowest BCUT2D eigenvalue weighted by Gasteiger charge is -1.97. The lowest BCUT2D eigenvalue weighted by atomic mass is 10.3. The van der Waals surface area contributed by atoms with Gasteiger partial charge in [-0.2, -0.15) is 0 Å². The van der Waals surface area contributed by atoms with E-state index in [1.165, 1.54) is 18.7 Å². The fraction of sp³-hybridized carbons (Fsp3) is 0.444. The molecule has 0 aromatic carbocycles. The first kappa shape index (κ1) is 8.21. The van der Waals surface area contributed by atoms with Gasteiger partial charge in [-0.3, -0.25) is 4.98 Å². The number of rotatable bonds is 4. The van der Waals surface area contributed by atoms with Crippen molar-refractivity contribution in [3.8, 4) is 0 Å². The highest BCUT2D eigenvalue weighted by Crippen LogP contribution is 1.88. The van der Waals surface area contributed by atoms with Crippen LogP contribution in [0.5, 0.6) is 0 Å². The van der Waals surface area contributed by atoms with Crippen LogP contribution in [0.2, 0.25) is 0 Å². The first-order valence-electron chi connectivity index (χ1n) is 4.15. The first-order valence-corrected chi connectivity index (χ1v) is 4.15. The Labute approximate surface area is 67.7 Å². The van der Waals surface area contributed by atoms with Crippen LogP contribution in [0.1, 0.15) is 19.0 Å². The third-order valence-corrected chi connectivity index (χ3v) is 1.57. The fourth-order valence-corrected chi connectivity index (χ4v) is 0.973. The fourth-order valence-electron chi connectivity index (χ4n) is 0.973. The molecule has 0 bridgehead atoms. The second kappa shape index (κ2) is 4.85. The molecule has 0 aliphatic rings. The Morgan fingerprint density at radius 3 is 3.00 bits per heavy atom. The summed E-state index contributed by atoms with van der Waals surface area (Å²) in [7, 11) is 0. The van der Waals surface area contributed by atoms with Gasteiger partial charge in [-0.15, -0.1) is 0 Å². The summed E-state index contributed by atoms with van der Waals surface area (Å²) in [5, 5.41) is 2.28. The van der Waals surface area contributed by atoms with Gasteiger partial charge in [0.25, 0.3) is 0 Å².